The molecule has 118 valence electrons. The van der Waals surface area contributed by atoms with Gasteiger partial charge < -0.3 is 19.8 Å². The number of rotatable bonds is 5. The Balaban J connectivity index is 2.40. The van der Waals surface area contributed by atoms with E-state index in [9.17, 15) is 5.11 Å². The average molecular weight is 291 g/mol. The fourth-order valence-electron chi connectivity index (χ4n) is 3.89. The van der Waals surface area contributed by atoms with E-state index in [1.807, 2.05) is 21.0 Å². The van der Waals surface area contributed by atoms with Crippen molar-refractivity contribution in [2.24, 2.45) is 0 Å². The third-order valence-corrected chi connectivity index (χ3v) is 4.35. The lowest BCUT2D eigenvalue weighted by Gasteiger charge is -2.41. The molecule has 1 heterocycles. The average Bonchev–Trinajstić information content (AvgIpc) is 2.62. The number of benzene rings is 1. The van der Waals surface area contributed by atoms with Crippen LogP contribution in [0.15, 0.2) is 24.3 Å². The number of fused-ring (bicyclic) bond motifs is 1. The zero-order valence-corrected chi connectivity index (χ0v) is 14.2. The van der Waals surface area contributed by atoms with Gasteiger partial charge >= 0.3 is 0 Å². The molecule has 0 spiro atoms. The lowest BCUT2D eigenvalue weighted by atomic mass is 9.83. The van der Waals surface area contributed by atoms with Crippen molar-refractivity contribution in [2.45, 2.75) is 24.5 Å². The topological polar surface area (TPSA) is 30.0 Å². The van der Waals surface area contributed by atoms with Crippen LogP contribution in [0.2, 0.25) is 0 Å². The largest absolute Gasteiger partial charge is 0.387 e. The molecule has 3 unspecified atom stereocenters. The van der Waals surface area contributed by atoms with E-state index in [1.54, 1.807) is 0 Å². The fraction of sp³-hybridized carbons (Fsp3) is 0.647. The minimum absolute atomic E-state index is 0.0831. The molecule has 1 N–H and O–H groups in total. The van der Waals surface area contributed by atoms with Gasteiger partial charge in [-0.3, -0.25) is 0 Å². The van der Waals surface area contributed by atoms with Crippen molar-refractivity contribution in [3.05, 3.63) is 29.8 Å². The fourth-order valence-corrected chi connectivity index (χ4v) is 3.89. The van der Waals surface area contributed by atoms with Crippen molar-refractivity contribution in [2.75, 3.05) is 53.2 Å². The minimum Gasteiger partial charge on any atom is -0.387 e. The monoisotopic (exact) mass is 291 g/mol. The molecule has 0 fully saturated rings. The van der Waals surface area contributed by atoms with Crippen LogP contribution in [0.1, 0.15) is 18.4 Å². The van der Waals surface area contributed by atoms with Crippen molar-refractivity contribution >= 4 is 5.69 Å². The highest BCUT2D eigenvalue weighted by atomic mass is 16.3. The Labute approximate surface area is 129 Å². The molecule has 1 aliphatic rings. The van der Waals surface area contributed by atoms with Crippen LogP contribution < -0.4 is 4.90 Å². The summed E-state index contributed by atoms with van der Waals surface area (Å²) in [5, 5.41) is 11.1. The first-order valence-corrected chi connectivity index (χ1v) is 7.57. The highest BCUT2D eigenvalue weighted by Gasteiger charge is 2.46. The number of anilines is 1. The van der Waals surface area contributed by atoms with Gasteiger partial charge in [-0.25, -0.2) is 0 Å². The second kappa shape index (κ2) is 5.95. The smallest absolute Gasteiger partial charge is 0.0954 e. The zero-order chi connectivity index (χ0) is 15.8. The third-order valence-electron chi connectivity index (χ3n) is 4.35. The second-order valence-corrected chi connectivity index (χ2v) is 7.08. The van der Waals surface area contributed by atoms with Gasteiger partial charge in [0.15, 0.2) is 0 Å². The molecule has 0 saturated carbocycles. The van der Waals surface area contributed by atoms with Crippen LogP contribution in [0, 0.1) is 0 Å². The Kier molecular flexibility index (Phi) is 4.61. The molecule has 21 heavy (non-hydrogen) atoms. The number of likely N-dealkylation sites (N-methyl/N-ethyl adjacent to an activating group) is 3. The standard InChI is InChI=1S/C17H29N3O/c1-17(21,12-19(4)5)16-14(11-18(2)3)13-9-7-8-10-15(13)20(16)6/h7-10,14,16,21H,11-12H2,1-6H3. The molecule has 0 bridgehead atoms. The Morgan fingerprint density at radius 2 is 1.76 bits per heavy atom. The summed E-state index contributed by atoms with van der Waals surface area (Å²) < 4.78 is 0. The van der Waals surface area contributed by atoms with Gasteiger partial charge in [0, 0.05) is 31.7 Å². The molecule has 0 aromatic heterocycles. The van der Waals surface area contributed by atoms with Crippen molar-refractivity contribution < 1.29 is 5.11 Å². The normalized spacial score (nSPS) is 24.5. The lowest BCUT2D eigenvalue weighted by molar-refractivity contribution is 0.00120. The molecule has 0 amide bonds. The molecule has 1 aliphatic heterocycles. The molecule has 0 radical (unpaired) electrons. The van der Waals surface area contributed by atoms with E-state index in [2.05, 4.69) is 60.1 Å². The van der Waals surface area contributed by atoms with E-state index in [4.69, 9.17) is 0 Å². The SMILES string of the molecule is CN(C)CC1c2ccccc2N(C)C1C(C)(O)CN(C)C. The molecular weight excluding hydrogens is 262 g/mol. The first-order chi connectivity index (χ1) is 9.74. The van der Waals surface area contributed by atoms with Crippen LogP contribution in [0.5, 0.6) is 0 Å². The first kappa shape index (κ1) is 16.3. The quantitative estimate of drug-likeness (QED) is 0.890. The summed E-state index contributed by atoms with van der Waals surface area (Å²) in [7, 11) is 10.3. The molecule has 0 aliphatic carbocycles. The maximum absolute atomic E-state index is 11.1. The summed E-state index contributed by atoms with van der Waals surface area (Å²) in [6.07, 6.45) is 0. The molecule has 4 heteroatoms. The van der Waals surface area contributed by atoms with Crippen molar-refractivity contribution in [3.63, 3.8) is 0 Å². The van der Waals surface area contributed by atoms with Gasteiger partial charge in [-0.05, 0) is 46.7 Å². The Morgan fingerprint density at radius 3 is 2.33 bits per heavy atom. The van der Waals surface area contributed by atoms with Gasteiger partial charge in [-0.1, -0.05) is 18.2 Å². The summed E-state index contributed by atoms with van der Waals surface area (Å²) in [6, 6.07) is 8.61. The highest BCUT2D eigenvalue weighted by Crippen LogP contribution is 2.44. The van der Waals surface area contributed by atoms with Gasteiger partial charge in [-0.2, -0.15) is 0 Å². The van der Waals surface area contributed by atoms with Gasteiger partial charge in [0.05, 0.1) is 11.6 Å². The van der Waals surface area contributed by atoms with Crippen molar-refractivity contribution in [1.82, 2.24) is 9.80 Å². The van der Waals surface area contributed by atoms with Crippen LogP contribution in [0.25, 0.3) is 0 Å². The van der Waals surface area contributed by atoms with Gasteiger partial charge in [0.2, 0.25) is 0 Å². The van der Waals surface area contributed by atoms with E-state index in [0.29, 0.717) is 12.5 Å². The van der Waals surface area contributed by atoms with Gasteiger partial charge in [0.25, 0.3) is 0 Å². The van der Waals surface area contributed by atoms with E-state index < -0.39 is 5.60 Å². The van der Waals surface area contributed by atoms with Crippen molar-refractivity contribution in [1.29, 1.82) is 0 Å². The number of hydrogen-bond donors (Lipinski definition) is 1. The van der Waals surface area contributed by atoms with Crippen LogP contribution in [0.3, 0.4) is 0 Å². The van der Waals surface area contributed by atoms with E-state index in [1.165, 1.54) is 11.3 Å². The molecule has 2 rings (SSSR count). The molecular formula is C17H29N3O. The van der Waals surface area contributed by atoms with Crippen LogP contribution in [0.4, 0.5) is 5.69 Å². The molecule has 0 saturated heterocycles. The summed E-state index contributed by atoms with van der Waals surface area (Å²) in [5.41, 5.74) is 1.82. The molecule has 1 aromatic rings. The number of para-hydroxylation sites is 1. The van der Waals surface area contributed by atoms with Crippen LogP contribution in [-0.4, -0.2) is 74.9 Å². The Bertz CT molecular complexity index is 485. The Hall–Kier alpha value is -1.10. The summed E-state index contributed by atoms with van der Waals surface area (Å²) in [6.45, 7) is 3.55. The van der Waals surface area contributed by atoms with Crippen LogP contribution in [-0.2, 0) is 0 Å². The van der Waals surface area contributed by atoms with Crippen LogP contribution >= 0.6 is 0 Å². The summed E-state index contributed by atoms with van der Waals surface area (Å²) >= 11 is 0. The predicted molar refractivity (Wildman–Crippen MR) is 89.1 cm³/mol. The molecule has 4 nitrogen and oxygen atoms in total. The summed E-state index contributed by atoms with van der Waals surface area (Å²) in [5.74, 6) is 0.316. The first-order valence-electron chi connectivity index (χ1n) is 7.57. The number of hydrogen-bond acceptors (Lipinski definition) is 4. The predicted octanol–water partition coefficient (Wildman–Crippen LogP) is 1.46. The maximum atomic E-state index is 11.1. The second-order valence-electron chi connectivity index (χ2n) is 7.08. The number of aliphatic hydroxyl groups is 1. The molecule has 3 atom stereocenters. The minimum atomic E-state index is -0.766. The Morgan fingerprint density at radius 1 is 1.14 bits per heavy atom. The van der Waals surface area contributed by atoms with Gasteiger partial charge in [0.1, 0.15) is 0 Å². The lowest BCUT2D eigenvalue weighted by Crippen LogP contribution is -2.56. The summed E-state index contributed by atoms with van der Waals surface area (Å²) in [4.78, 5) is 6.52. The number of nitrogens with zero attached hydrogens (tertiary/aromatic N) is 3. The van der Waals surface area contributed by atoms with Crippen molar-refractivity contribution in [3.8, 4) is 0 Å². The maximum Gasteiger partial charge on any atom is 0.0954 e. The van der Waals surface area contributed by atoms with E-state index in [0.717, 1.165) is 6.54 Å². The van der Waals surface area contributed by atoms with E-state index in [-0.39, 0.29) is 6.04 Å². The third kappa shape index (κ3) is 3.23. The van der Waals surface area contributed by atoms with Gasteiger partial charge in [-0.15, -0.1) is 0 Å². The highest BCUT2D eigenvalue weighted by molar-refractivity contribution is 5.62. The molecule has 1 aromatic carbocycles. The van der Waals surface area contributed by atoms with E-state index >= 15 is 0 Å². The zero-order valence-electron chi connectivity index (χ0n) is 14.2.